The number of aryl methyl sites for hydroxylation is 1. The molecule has 0 atom stereocenters. The monoisotopic (exact) mass is 328 g/mol. The second-order valence-corrected chi connectivity index (χ2v) is 5.34. The molecule has 0 fully saturated rings. The Labute approximate surface area is 143 Å². The van der Waals surface area contributed by atoms with E-state index in [1.54, 1.807) is 0 Å². The lowest BCUT2D eigenvalue weighted by Gasteiger charge is -2.10. The molecule has 24 heavy (non-hydrogen) atoms. The summed E-state index contributed by atoms with van der Waals surface area (Å²) in [5.74, 6) is 0.653. The minimum Gasteiger partial charge on any atom is -0.491 e. The number of rotatable bonds is 9. The normalized spacial score (nSPS) is 10.2. The summed E-state index contributed by atoms with van der Waals surface area (Å²) in [6.45, 7) is 5.90. The molecular weight excluding hydrogens is 304 g/mol. The SMILES string of the molecule is CCOCCOc1cccc(NCC(=O)Nc2ccc(C)cc2)c1. The van der Waals surface area contributed by atoms with E-state index in [9.17, 15) is 4.79 Å². The van der Waals surface area contributed by atoms with Crippen LogP contribution in [-0.2, 0) is 9.53 Å². The Balaban J connectivity index is 1.78. The molecule has 0 spiro atoms. The largest absolute Gasteiger partial charge is 0.491 e. The van der Waals surface area contributed by atoms with Crippen molar-refractivity contribution < 1.29 is 14.3 Å². The van der Waals surface area contributed by atoms with E-state index < -0.39 is 0 Å². The van der Waals surface area contributed by atoms with Gasteiger partial charge < -0.3 is 20.1 Å². The molecule has 1 amide bonds. The number of carbonyl (C=O) groups is 1. The van der Waals surface area contributed by atoms with E-state index in [1.165, 1.54) is 0 Å². The van der Waals surface area contributed by atoms with E-state index >= 15 is 0 Å². The first-order valence-electron chi connectivity index (χ1n) is 8.08. The Hall–Kier alpha value is -2.53. The minimum absolute atomic E-state index is 0.0958. The van der Waals surface area contributed by atoms with Gasteiger partial charge in [-0.1, -0.05) is 23.8 Å². The molecule has 0 unspecified atom stereocenters. The number of nitrogens with one attached hydrogen (secondary N) is 2. The van der Waals surface area contributed by atoms with Crippen molar-refractivity contribution in [3.63, 3.8) is 0 Å². The smallest absolute Gasteiger partial charge is 0.243 e. The maximum absolute atomic E-state index is 12.0. The predicted octanol–water partition coefficient (Wildman–Crippen LogP) is 3.46. The van der Waals surface area contributed by atoms with Gasteiger partial charge in [-0.05, 0) is 38.1 Å². The van der Waals surface area contributed by atoms with Gasteiger partial charge in [-0.3, -0.25) is 4.79 Å². The summed E-state index contributed by atoms with van der Waals surface area (Å²) >= 11 is 0. The van der Waals surface area contributed by atoms with Gasteiger partial charge in [-0.2, -0.15) is 0 Å². The lowest BCUT2D eigenvalue weighted by molar-refractivity contribution is -0.114. The van der Waals surface area contributed by atoms with Crippen LogP contribution in [0.1, 0.15) is 12.5 Å². The standard InChI is InChI=1S/C19H24N2O3/c1-3-23-11-12-24-18-6-4-5-17(13-18)20-14-19(22)21-16-9-7-15(2)8-10-16/h4-10,13,20H,3,11-12,14H2,1-2H3,(H,21,22). The van der Waals surface area contributed by atoms with Crippen LogP contribution >= 0.6 is 0 Å². The Kier molecular flexibility index (Phi) is 7.11. The molecule has 0 aromatic heterocycles. The molecule has 0 heterocycles. The van der Waals surface area contributed by atoms with Crippen molar-refractivity contribution in [1.29, 1.82) is 0 Å². The van der Waals surface area contributed by atoms with Crippen LogP contribution < -0.4 is 15.4 Å². The van der Waals surface area contributed by atoms with Crippen LogP contribution in [0.2, 0.25) is 0 Å². The molecule has 5 heteroatoms. The summed E-state index contributed by atoms with van der Waals surface area (Å²) in [6, 6.07) is 15.2. The maximum Gasteiger partial charge on any atom is 0.243 e. The summed E-state index contributed by atoms with van der Waals surface area (Å²) < 4.78 is 10.8. The Morgan fingerprint density at radius 2 is 1.83 bits per heavy atom. The number of anilines is 2. The first kappa shape index (κ1) is 17.8. The molecule has 2 aromatic carbocycles. The van der Waals surface area contributed by atoms with Gasteiger partial charge in [0.1, 0.15) is 12.4 Å². The molecule has 5 nitrogen and oxygen atoms in total. The van der Waals surface area contributed by atoms with Gasteiger partial charge in [0.25, 0.3) is 0 Å². The summed E-state index contributed by atoms with van der Waals surface area (Å²) in [7, 11) is 0. The van der Waals surface area contributed by atoms with Crippen LogP contribution in [0.25, 0.3) is 0 Å². The summed E-state index contributed by atoms with van der Waals surface area (Å²) in [5.41, 5.74) is 2.79. The fraction of sp³-hybridized carbons (Fsp3) is 0.316. The van der Waals surface area contributed by atoms with E-state index in [-0.39, 0.29) is 12.5 Å². The highest BCUT2D eigenvalue weighted by Gasteiger charge is 2.03. The van der Waals surface area contributed by atoms with Crippen molar-refractivity contribution in [3.8, 4) is 5.75 Å². The zero-order valence-electron chi connectivity index (χ0n) is 14.2. The topological polar surface area (TPSA) is 59.6 Å². The van der Waals surface area contributed by atoms with E-state index in [4.69, 9.17) is 9.47 Å². The van der Waals surface area contributed by atoms with Gasteiger partial charge in [0, 0.05) is 24.0 Å². The summed E-state index contributed by atoms with van der Waals surface area (Å²) in [5, 5.41) is 5.95. The lowest BCUT2D eigenvalue weighted by atomic mass is 10.2. The average Bonchev–Trinajstić information content (AvgIpc) is 2.59. The average molecular weight is 328 g/mol. The Morgan fingerprint density at radius 3 is 2.58 bits per heavy atom. The van der Waals surface area contributed by atoms with Gasteiger partial charge in [0.2, 0.25) is 5.91 Å². The fourth-order valence-corrected chi connectivity index (χ4v) is 2.08. The highest BCUT2D eigenvalue weighted by Crippen LogP contribution is 2.17. The van der Waals surface area contributed by atoms with E-state index in [0.29, 0.717) is 19.8 Å². The van der Waals surface area contributed by atoms with Gasteiger partial charge >= 0.3 is 0 Å². The van der Waals surface area contributed by atoms with Crippen molar-refractivity contribution >= 4 is 17.3 Å². The van der Waals surface area contributed by atoms with Gasteiger partial charge in [0.15, 0.2) is 0 Å². The van der Waals surface area contributed by atoms with E-state index in [0.717, 1.165) is 22.7 Å². The third-order valence-electron chi connectivity index (χ3n) is 3.32. The van der Waals surface area contributed by atoms with Crippen molar-refractivity contribution in [1.82, 2.24) is 0 Å². The molecule has 0 saturated carbocycles. The van der Waals surface area contributed by atoms with Crippen LogP contribution in [0.3, 0.4) is 0 Å². The first-order valence-corrected chi connectivity index (χ1v) is 8.08. The van der Waals surface area contributed by atoms with E-state index in [1.807, 2.05) is 62.4 Å². The lowest BCUT2D eigenvalue weighted by Crippen LogP contribution is -2.21. The zero-order chi connectivity index (χ0) is 17.2. The molecule has 2 aromatic rings. The summed E-state index contributed by atoms with van der Waals surface area (Å²) in [4.78, 5) is 12.0. The Bertz CT molecular complexity index is 641. The molecule has 0 aliphatic carbocycles. The van der Waals surface area contributed by atoms with Crippen LogP contribution in [-0.4, -0.2) is 32.3 Å². The Morgan fingerprint density at radius 1 is 1.04 bits per heavy atom. The quantitative estimate of drug-likeness (QED) is 0.692. The maximum atomic E-state index is 12.0. The number of carbonyl (C=O) groups excluding carboxylic acids is 1. The molecule has 0 saturated heterocycles. The van der Waals surface area contributed by atoms with Crippen LogP contribution in [0, 0.1) is 6.92 Å². The number of amides is 1. The molecule has 2 rings (SSSR count). The highest BCUT2D eigenvalue weighted by atomic mass is 16.5. The number of ether oxygens (including phenoxy) is 2. The zero-order valence-corrected chi connectivity index (χ0v) is 14.2. The second kappa shape index (κ2) is 9.57. The number of hydrogen-bond acceptors (Lipinski definition) is 4. The van der Waals surface area contributed by atoms with Crippen molar-refractivity contribution in [3.05, 3.63) is 54.1 Å². The van der Waals surface area contributed by atoms with E-state index in [2.05, 4.69) is 10.6 Å². The third-order valence-corrected chi connectivity index (χ3v) is 3.32. The summed E-state index contributed by atoms with van der Waals surface area (Å²) in [6.07, 6.45) is 0. The molecule has 0 aliphatic rings. The van der Waals surface area contributed by atoms with Crippen molar-refractivity contribution in [2.24, 2.45) is 0 Å². The highest BCUT2D eigenvalue weighted by molar-refractivity contribution is 5.93. The van der Waals surface area contributed by atoms with Crippen LogP contribution in [0.5, 0.6) is 5.75 Å². The van der Waals surface area contributed by atoms with Crippen molar-refractivity contribution in [2.45, 2.75) is 13.8 Å². The van der Waals surface area contributed by atoms with Gasteiger partial charge in [-0.25, -0.2) is 0 Å². The van der Waals surface area contributed by atoms with Crippen LogP contribution in [0.4, 0.5) is 11.4 Å². The predicted molar refractivity (Wildman–Crippen MR) is 96.7 cm³/mol. The van der Waals surface area contributed by atoms with Gasteiger partial charge in [-0.15, -0.1) is 0 Å². The number of hydrogen-bond donors (Lipinski definition) is 2. The van der Waals surface area contributed by atoms with Crippen molar-refractivity contribution in [2.75, 3.05) is 37.0 Å². The van der Waals surface area contributed by atoms with Gasteiger partial charge in [0.05, 0.1) is 13.2 Å². The molecule has 128 valence electrons. The molecule has 2 N–H and O–H groups in total. The molecule has 0 aliphatic heterocycles. The first-order chi connectivity index (χ1) is 11.7. The third kappa shape index (κ3) is 6.30. The fourth-order valence-electron chi connectivity index (χ4n) is 2.08. The molecule has 0 radical (unpaired) electrons. The molecular formula is C19H24N2O3. The molecule has 0 bridgehead atoms. The van der Waals surface area contributed by atoms with Crippen LogP contribution in [0.15, 0.2) is 48.5 Å². The minimum atomic E-state index is -0.0958. The second-order valence-electron chi connectivity index (χ2n) is 5.34. The number of benzene rings is 2.